The number of ether oxygens (including phenoxy) is 2. The first-order chi connectivity index (χ1) is 13.3. The average Bonchev–Trinajstić information content (AvgIpc) is 2.67. The monoisotopic (exact) mass is 404 g/mol. The molecule has 1 aliphatic rings. The Morgan fingerprint density at radius 3 is 2.32 bits per heavy atom. The van der Waals surface area contributed by atoms with Crippen molar-refractivity contribution in [1.29, 1.82) is 0 Å². The lowest BCUT2D eigenvalue weighted by molar-refractivity contribution is -0.122. The maximum Gasteiger partial charge on any atom is 0.244 e. The van der Waals surface area contributed by atoms with E-state index in [-0.39, 0.29) is 6.04 Å². The molecule has 1 N–H and O–H groups in total. The van der Waals surface area contributed by atoms with Gasteiger partial charge in [0.2, 0.25) is 15.9 Å². The highest BCUT2D eigenvalue weighted by atomic mass is 32.2. The lowest BCUT2D eigenvalue weighted by atomic mass is 10.1. The zero-order valence-corrected chi connectivity index (χ0v) is 16.9. The van der Waals surface area contributed by atoms with Crippen LogP contribution < -0.4 is 19.1 Å². The predicted octanol–water partition coefficient (Wildman–Crippen LogP) is 2.49. The molecule has 0 aliphatic carbocycles. The molecule has 2 atom stereocenters. The second-order valence-electron chi connectivity index (χ2n) is 6.70. The Kier molecular flexibility index (Phi) is 5.79. The van der Waals surface area contributed by atoms with E-state index in [2.05, 4.69) is 5.32 Å². The Morgan fingerprint density at radius 1 is 1.04 bits per heavy atom. The molecule has 0 bridgehead atoms. The average molecular weight is 404 g/mol. The molecule has 2 unspecified atom stereocenters. The fourth-order valence-corrected chi connectivity index (χ4v) is 4.31. The molecule has 0 saturated heterocycles. The fourth-order valence-electron chi connectivity index (χ4n) is 3.13. The van der Waals surface area contributed by atoms with Crippen molar-refractivity contribution in [3.8, 4) is 11.5 Å². The zero-order valence-electron chi connectivity index (χ0n) is 16.1. The van der Waals surface area contributed by atoms with E-state index in [9.17, 15) is 13.2 Å². The van der Waals surface area contributed by atoms with Crippen molar-refractivity contribution in [2.75, 3.05) is 23.8 Å². The third-order valence-corrected chi connectivity index (χ3v) is 5.77. The van der Waals surface area contributed by atoms with Gasteiger partial charge in [-0.2, -0.15) is 0 Å². The molecule has 28 heavy (non-hydrogen) atoms. The van der Waals surface area contributed by atoms with Gasteiger partial charge in [0.1, 0.15) is 19.3 Å². The van der Waals surface area contributed by atoms with E-state index in [1.54, 1.807) is 37.3 Å². The molecule has 1 aliphatic heterocycles. The molecule has 7 nitrogen and oxygen atoms in total. The van der Waals surface area contributed by atoms with Gasteiger partial charge in [0.25, 0.3) is 0 Å². The molecule has 0 saturated carbocycles. The Bertz CT molecular complexity index is 946. The minimum atomic E-state index is -3.64. The van der Waals surface area contributed by atoms with Gasteiger partial charge < -0.3 is 14.8 Å². The van der Waals surface area contributed by atoms with Crippen LogP contribution in [0.1, 0.15) is 25.5 Å². The minimum absolute atomic E-state index is 0.331. The van der Waals surface area contributed by atoms with Crippen LogP contribution in [0.2, 0.25) is 0 Å². The number of benzene rings is 2. The summed E-state index contributed by atoms with van der Waals surface area (Å²) in [6.07, 6.45) is 1.09. The lowest BCUT2D eigenvalue weighted by Gasteiger charge is -2.29. The van der Waals surface area contributed by atoms with E-state index in [0.717, 1.165) is 16.1 Å². The molecule has 2 aromatic carbocycles. The number of hydrogen-bond acceptors (Lipinski definition) is 5. The number of amides is 1. The van der Waals surface area contributed by atoms with Crippen molar-refractivity contribution in [3.05, 3.63) is 54.1 Å². The van der Waals surface area contributed by atoms with Gasteiger partial charge in [-0.25, -0.2) is 8.42 Å². The van der Waals surface area contributed by atoms with Gasteiger partial charge in [-0.3, -0.25) is 9.10 Å². The maximum absolute atomic E-state index is 12.8. The van der Waals surface area contributed by atoms with Gasteiger partial charge in [-0.15, -0.1) is 0 Å². The first kappa shape index (κ1) is 20.0. The quantitative estimate of drug-likeness (QED) is 0.800. The molecule has 0 aromatic heterocycles. The topological polar surface area (TPSA) is 84.9 Å². The molecule has 0 radical (unpaired) electrons. The van der Waals surface area contributed by atoms with Crippen LogP contribution in [0.3, 0.4) is 0 Å². The SMILES string of the molecule is CC(NC(=O)C(C)N(c1ccccc1)S(C)(=O)=O)c1ccc2c(c1)OCCO2. The molecule has 0 spiro atoms. The number of anilines is 1. The predicted molar refractivity (Wildman–Crippen MR) is 107 cm³/mol. The fraction of sp³-hybridized carbons (Fsp3) is 0.350. The highest BCUT2D eigenvalue weighted by molar-refractivity contribution is 7.92. The molecule has 2 aromatic rings. The van der Waals surface area contributed by atoms with Gasteiger partial charge in [0.05, 0.1) is 18.0 Å². The molecule has 150 valence electrons. The second-order valence-corrected chi connectivity index (χ2v) is 8.56. The Morgan fingerprint density at radius 2 is 1.68 bits per heavy atom. The standard InChI is InChI=1S/C20H24N2O5S/c1-14(16-9-10-18-19(13-16)27-12-11-26-18)21-20(23)15(2)22(28(3,24)25)17-7-5-4-6-8-17/h4-10,13-15H,11-12H2,1-3H3,(H,21,23). The van der Waals surface area contributed by atoms with Gasteiger partial charge >= 0.3 is 0 Å². The minimum Gasteiger partial charge on any atom is -0.486 e. The summed E-state index contributed by atoms with van der Waals surface area (Å²) < 4.78 is 36.8. The zero-order chi connectivity index (χ0) is 20.3. The molecule has 3 rings (SSSR count). The van der Waals surface area contributed by atoms with Crippen molar-refractivity contribution in [1.82, 2.24) is 5.32 Å². The highest BCUT2D eigenvalue weighted by Gasteiger charge is 2.30. The van der Waals surface area contributed by atoms with Gasteiger partial charge in [0, 0.05) is 0 Å². The molecule has 8 heteroatoms. The Balaban J connectivity index is 1.77. The maximum atomic E-state index is 12.8. The van der Waals surface area contributed by atoms with E-state index in [0.29, 0.717) is 30.4 Å². The van der Waals surface area contributed by atoms with Crippen LogP contribution in [0.15, 0.2) is 48.5 Å². The Hall–Kier alpha value is -2.74. The number of hydrogen-bond donors (Lipinski definition) is 1. The van der Waals surface area contributed by atoms with Crippen LogP contribution in [0.4, 0.5) is 5.69 Å². The number of carbonyl (C=O) groups excluding carboxylic acids is 1. The number of carbonyl (C=O) groups is 1. The first-order valence-corrected chi connectivity index (χ1v) is 10.9. The smallest absolute Gasteiger partial charge is 0.244 e. The number of fused-ring (bicyclic) bond motifs is 1. The van der Waals surface area contributed by atoms with E-state index in [1.165, 1.54) is 0 Å². The lowest BCUT2D eigenvalue weighted by Crippen LogP contribution is -2.48. The van der Waals surface area contributed by atoms with E-state index in [4.69, 9.17) is 9.47 Å². The number of nitrogens with one attached hydrogen (secondary N) is 1. The number of para-hydroxylation sites is 1. The molecule has 0 fully saturated rings. The van der Waals surface area contributed by atoms with Gasteiger partial charge in [-0.1, -0.05) is 24.3 Å². The summed E-state index contributed by atoms with van der Waals surface area (Å²) in [4.78, 5) is 12.8. The normalized spacial score (nSPS) is 15.4. The second kappa shape index (κ2) is 8.10. The summed E-state index contributed by atoms with van der Waals surface area (Å²) in [6, 6.07) is 12.8. The van der Waals surface area contributed by atoms with Crippen LogP contribution in [0.25, 0.3) is 0 Å². The van der Waals surface area contributed by atoms with Crippen LogP contribution in [-0.2, 0) is 14.8 Å². The van der Waals surface area contributed by atoms with Gasteiger partial charge in [-0.05, 0) is 43.7 Å². The van der Waals surface area contributed by atoms with Crippen molar-refractivity contribution in [2.45, 2.75) is 25.9 Å². The summed E-state index contributed by atoms with van der Waals surface area (Å²) in [7, 11) is -3.64. The third-order valence-electron chi connectivity index (χ3n) is 4.52. The number of rotatable bonds is 6. The Labute approximate surface area is 165 Å². The molecular formula is C20H24N2O5S. The summed E-state index contributed by atoms with van der Waals surface area (Å²) in [5.74, 6) is 0.922. The van der Waals surface area contributed by atoms with Crippen LogP contribution in [0, 0.1) is 0 Å². The summed E-state index contributed by atoms with van der Waals surface area (Å²) in [5, 5.41) is 2.88. The van der Waals surface area contributed by atoms with Crippen molar-refractivity contribution < 1.29 is 22.7 Å². The van der Waals surface area contributed by atoms with Gasteiger partial charge in [0.15, 0.2) is 11.5 Å². The summed E-state index contributed by atoms with van der Waals surface area (Å²) in [5.41, 5.74) is 1.29. The van der Waals surface area contributed by atoms with Crippen LogP contribution in [0.5, 0.6) is 11.5 Å². The number of nitrogens with zero attached hydrogens (tertiary/aromatic N) is 1. The van der Waals surface area contributed by atoms with E-state index in [1.807, 2.05) is 25.1 Å². The molecule has 1 amide bonds. The largest absolute Gasteiger partial charge is 0.486 e. The first-order valence-electron chi connectivity index (χ1n) is 9.02. The summed E-state index contributed by atoms with van der Waals surface area (Å²) >= 11 is 0. The highest BCUT2D eigenvalue weighted by Crippen LogP contribution is 2.32. The van der Waals surface area contributed by atoms with Crippen molar-refractivity contribution >= 4 is 21.6 Å². The molecular weight excluding hydrogens is 380 g/mol. The third kappa shape index (κ3) is 4.39. The van der Waals surface area contributed by atoms with Crippen molar-refractivity contribution in [3.63, 3.8) is 0 Å². The number of sulfonamides is 1. The van der Waals surface area contributed by atoms with E-state index < -0.39 is 22.0 Å². The van der Waals surface area contributed by atoms with Crippen molar-refractivity contribution in [2.24, 2.45) is 0 Å². The van der Waals surface area contributed by atoms with Crippen LogP contribution >= 0.6 is 0 Å². The summed E-state index contributed by atoms with van der Waals surface area (Å²) in [6.45, 7) is 4.40. The van der Waals surface area contributed by atoms with Crippen LogP contribution in [-0.4, -0.2) is 39.8 Å². The molecule has 1 heterocycles. The van der Waals surface area contributed by atoms with E-state index >= 15 is 0 Å².